The van der Waals surface area contributed by atoms with Gasteiger partial charge in [-0.25, -0.2) is 4.79 Å². The fourth-order valence-electron chi connectivity index (χ4n) is 3.43. The van der Waals surface area contributed by atoms with E-state index >= 15 is 0 Å². The number of urea groups is 1. The molecule has 29 heavy (non-hydrogen) atoms. The summed E-state index contributed by atoms with van der Waals surface area (Å²) < 4.78 is 5.80. The lowest BCUT2D eigenvalue weighted by molar-refractivity contribution is -0.136. The van der Waals surface area contributed by atoms with Gasteiger partial charge in [0.25, 0.3) is 0 Å². The largest absolute Gasteiger partial charge is 0.492 e. The first-order valence-corrected chi connectivity index (χ1v) is 10.1. The fraction of sp³-hybridized carbons (Fsp3) is 0.364. The predicted molar refractivity (Wildman–Crippen MR) is 113 cm³/mol. The number of hydrogen-bond donors (Lipinski definition) is 2. The molecule has 1 saturated heterocycles. The molecule has 0 radical (unpaired) electrons. The van der Waals surface area contributed by atoms with Crippen molar-refractivity contribution >= 4 is 29.3 Å². The van der Waals surface area contributed by atoms with Crippen molar-refractivity contribution in [1.82, 2.24) is 4.90 Å². The Morgan fingerprint density at radius 3 is 2.55 bits per heavy atom. The number of carbonyl (C=O) groups is 2. The summed E-state index contributed by atoms with van der Waals surface area (Å²) in [5.74, 6) is 0.114. The van der Waals surface area contributed by atoms with E-state index in [9.17, 15) is 9.59 Å². The SMILES string of the molecule is O=C(O)Cc1ccc(Cl)c(OCCC2CCN(C(=O)Nc3ccccc3)CC2)c1. The molecule has 0 aliphatic carbocycles. The molecule has 6 nitrogen and oxygen atoms in total. The van der Waals surface area contributed by atoms with Crippen LogP contribution in [0.25, 0.3) is 0 Å². The van der Waals surface area contributed by atoms with Crippen LogP contribution in [0.15, 0.2) is 48.5 Å². The molecule has 0 aromatic heterocycles. The molecule has 0 bridgehead atoms. The van der Waals surface area contributed by atoms with Gasteiger partial charge in [0.15, 0.2) is 0 Å². The number of piperidine rings is 1. The molecule has 0 spiro atoms. The van der Waals surface area contributed by atoms with Crippen molar-refractivity contribution < 1.29 is 19.4 Å². The van der Waals surface area contributed by atoms with Crippen LogP contribution < -0.4 is 10.1 Å². The molecular formula is C22H25ClN2O4. The Bertz CT molecular complexity index is 836. The van der Waals surface area contributed by atoms with E-state index in [-0.39, 0.29) is 12.5 Å². The van der Waals surface area contributed by atoms with Gasteiger partial charge in [0.1, 0.15) is 5.75 Å². The Morgan fingerprint density at radius 2 is 1.86 bits per heavy atom. The average molecular weight is 417 g/mol. The van der Waals surface area contributed by atoms with Crippen molar-refractivity contribution in [2.45, 2.75) is 25.7 Å². The number of rotatable bonds is 7. The van der Waals surface area contributed by atoms with Gasteiger partial charge in [-0.15, -0.1) is 0 Å². The molecule has 2 N–H and O–H groups in total. The first-order chi connectivity index (χ1) is 14.0. The number of aliphatic carboxylic acids is 1. The van der Waals surface area contributed by atoms with E-state index in [1.807, 2.05) is 35.2 Å². The van der Waals surface area contributed by atoms with Crippen LogP contribution in [0.3, 0.4) is 0 Å². The number of para-hydroxylation sites is 1. The van der Waals surface area contributed by atoms with Crippen molar-refractivity contribution in [3.8, 4) is 5.75 Å². The van der Waals surface area contributed by atoms with Crippen LogP contribution in [0.1, 0.15) is 24.8 Å². The van der Waals surface area contributed by atoms with E-state index in [1.54, 1.807) is 18.2 Å². The third-order valence-electron chi connectivity index (χ3n) is 5.06. The fourth-order valence-corrected chi connectivity index (χ4v) is 3.60. The number of likely N-dealkylation sites (tertiary alicyclic amines) is 1. The number of benzene rings is 2. The van der Waals surface area contributed by atoms with Gasteiger partial charge in [0, 0.05) is 18.8 Å². The number of nitrogens with one attached hydrogen (secondary N) is 1. The van der Waals surface area contributed by atoms with E-state index in [4.69, 9.17) is 21.4 Å². The quantitative estimate of drug-likeness (QED) is 0.686. The van der Waals surface area contributed by atoms with Crippen molar-refractivity contribution in [1.29, 1.82) is 0 Å². The number of anilines is 1. The lowest BCUT2D eigenvalue weighted by atomic mass is 9.94. The van der Waals surface area contributed by atoms with Crippen molar-refractivity contribution in [3.05, 3.63) is 59.1 Å². The minimum absolute atomic E-state index is 0.0585. The Balaban J connectivity index is 1.41. The summed E-state index contributed by atoms with van der Waals surface area (Å²) in [5.41, 5.74) is 1.46. The highest BCUT2D eigenvalue weighted by Gasteiger charge is 2.23. The maximum Gasteiger partial charge on any atom is 0.321 e. The van der Waals surface area contributed by atoms with Gasteiger partial charge in [-0.1, -0.05) is 35.9 Å². The number of hydrogen-bond acceptors (Lipinski definition) is 3. The van der Waals surface area contributed by atoms with Crippen molar-refractivity contribution in [2.24, 2.45) is 5.92 Å². The molecule has 2 aromatic rings. The summed E-state index contributed by atoms with van der Waals surface area (Å²) in [5, 5.41) is 12.3. The van der Waals surface area contributed by atoms with Crippen LogP contribution in [0.4, 0.5) is 10.5 Å². The Labute approximate surface area is 175 Å². The summed E-state index contributed by atoms with van der Waals surface area (Å²) >= 11 is 6.15. The maximum atomic E-state index is 12.4. The number of carboxylic acid groups (broad SMARTS) is 1. The third-order valence-corrected chi connectivity index (χ3v) is 5.37. The van der Waals surface area contributed by atoms with Gasteiger partial charge in [0.2, 0.25) is 0 Å². The molecule has 0 unspecified atom stereocenters. The summed E-state index contributed by atoms with van der Waals surface area (Å²) in [6.07, 6.45) is 2.67. The smallest absolute Gasteiger partial charge is 0.321 e. The number of carbonyl (C=O) groups excluding carboxylic acids is 1. The van der Waals surface area contributed by atoms with E-state index in [1.165, 1.54) is 0 Å². The predicted octanol–water partition coefficient (Wildman–Crippen LogP) is 4.68. The van der Waals surface area contributed by atoms with Crippen LogP contribution in [0.5, 0.6) is 5.75 Å². The lowest BCUT2D eigenvalue weighted by Crippen LogP contribution is -2.41. The minimum atomic E-state index is -0.888. The molecule has 1 fully saturated rings. The molecule has 2 amide bonds. The van der Waals surface area contributed by atoms with E-state index in [2.05, 4.69) is 5.32 Å². The second-order valence-electron chi connectivity index (χ2n) is 7.20. The topological polar surface area (TPSA) is 78.9 Å². The molecule has 0 saturated carbocycles. The molecule has 2 aromatic carbocycles. The second-order valence-corrected chi connectivity index (χ2v) is 7.61. The lowest BCUT2D eigenvalue weighted by Gasteiger charge is -2.32. The van der Waals surface area contributed by atoms with Gasteiger partial charge in [-0.05, 0) is 55.0 Å². The van der Waals surface area contributed by atoms with Crippen LogP contribution in [-0.2, 0) is 11.2 Å². The van der Waals surface area contributed by atoms with E-state index in [0.717, 1.165) is 38.0 Å². The first-order valence-electron chi connectivity index (χ1n) is 9.75. The van der Waals surface area contributed by atoms with Gasteiger partial charge in [-0.2, -0.15) is 0 Å². The minimum Gasteiger partial charge on any atom is -0.492 e. The molecule has 1 aliphatic heterocycles. The highest BCUT2D eigenvalue weighted by molar-refractivity contribution is 6.32. The summed E-state index contributed by atoms with van der Waals surface area (Å²) in [4.78, 5) is 25.1. The van der Waals surface area contributed by atoms with Gasteiger partial charge in [-0.3, -0.25) is 4.79 Å². The number of carboxylic acids is 1. The summed E-state index contributed by atoms with van der Waals surface area (Å²) in [7, 11) is 0. The zero-order valence-electron chi connectivity index (χ0n) is 16.1. The average Bonchev–Trinajstić information content (AvgIpc) is 2.71. The molecule has 3 rings (SSSR count). The number of nitrogens with zero attached hydrogens (tertiary/aromatic N) is 1. The van der Waals surface area contributed by atoms with Crippen LogP contribution in [0, 0.1) is 5.92 Å². The van der Waals surface area contributed by atoms with Gasteiger partial charge < -0.3 is 20.1 Å². The first kappa shape index (κ1) is 21.0. The van der Waals surface area contributed by atoms with Gasteiger partial charge >= 0.3 is 12.0 Å². The summed E-state index contributed by atoms with van der Waals surface area (Å²) in [6, 6.07) is 14.4. The maximum absolute atomic E-state index is 12.4. The van der Waals surface area contributed by atoms with Crippen LogP contribution >= 0.6 is 11.6 Å². The number of amides is 2. The van der Waals surface area contributed by atoms with Crippen molar-refractivity contribution in [2.75, 3.05) is 25.0 Å². The highest BCUT2D eigenvalue weighted by atomic mass is 35.5. The Hall–Kier alpha value is -2.73. The third kappa shape index (κ3) is 6.39. The zero-order valence-corrected chi connectivity index (χ0v) is 16.9. The molecule has 1 aliphatic rings. The van der Waals surface area contributed by atoms with Crippen molar-refractivity contribution in [3.63, 3.8) is 0 Å². The second kappa shape index (κ2) is 10.2. The molecular weight excluding hydrogens is 392 g/mol. The standard InChI is InChI=1S/C22H25ClN2O4/c23-19-7-6-17(15-21(26)27)14-20(19)29-13-10-16-8-11-25(12-9-16)22(28)24-18-4-2-1-3-5-18/h1-7,14,16H,8-13,15H2,(H,24,28)(H,26,27). The normalized spacial score (nSPS) is 14.4. The monoisotopic (exact) mass is 416 g/mol. The zero-order chi connectivity index (χ0) is 20.6. The van der Waals surface area contributed by atoms with Gasteiger partial charge in [0.05, 0.1) is 18.1 Å². The Kier molecular flexibility index (Phi) is 7.36. The molecule has 154 valence electrons. The van der Waals surface area contributed by atoms with E-state index < -0.39 is 5.97 Å². The van der Waals surface area contributed by atoms with Crippen LogP contribution in [0.2, 0.25) is 5.02 Å². The molecule has 7 heteroatoms. The Morgan fingerprint density at radius 1 is 1.14 bits per heavy atom. The highest BCUT2D eigenvalue weighted by Crippen LogP contribution is 2.27. The number of halogens is 1. The number of ether oxygens (including phenoxy) is 1. The van der Waals surface area contributed by atoms with Crippen LogP contribution in [-0.4, -0.2) is 41.7 Å². The van der Waals surface area contributed by atoms with E-state index in [0.29, 0.717) is 28.9 Å². The molecule has 1 heterocycles. The summed E-state index contributed by atoms with van der Waals surface area (Å²) in [6.45, 7) is 1.95. The molecule has 0 atom stereocenters.